The topological polar surface area (TPSA) is 82.0 Å². The second-order valence-corrected chi connectivity index (χ2v) is 2.61. The third-order valence-corrected chi connectivity index (χ3v) is 1.82. The molecule has 0 aliphatic rings. The van der Waals surface area contributed by atoms with Crippen molar-refractivity contribution in [2.45, 2.75) is 13.0 Å². The fraction of sp³-hybridized carbons (Fsp3) is 0.250. The monoisotopic (exact) mass is 201 g/mol. The highest BCUT2D eigenvalue weighted by molar-refractivity contribution is 5.86. The van der Waals surface area contributed by atoms with Gasteiger partial charge in [-0.2, -0.15) is 0 Å². The maximum absolute atomic E-state index is 12.3. The van der Waals surface area contributed by atoms with Crippen LogP contribution in [0.1, 0.15) is 28.0 Å². The minimum Gasteiger partial charge on any atom is -0.397 e. The third kappa shape index (κ3) is 1.69. The van der Waals surface area contributed by atoms with Crippen LogP contribution in [0.15, 0.2) is 6.20 Å². The zero-order chi connectivity index (χ0) is 10.7. The van der Waals surface area contributed by atoms with Crippen LogP contribution in [-0.4, -0.2) is 11.3 Å². The van der Waals surface area contributed by atoms with Gasteiger partial charge in [-0.15, -0.1) is 0 Å². The van der Waals surface area contributed by atoms with Gasteiger partial charge in [0.2, 0.25) is 0 Å². The first kappa shape index (κ1) is 10.5. The van der Waals surface area contributed by atoms with Crippen LogP contribution in [-0.2, 0) is 6.54 Å². The summed E-state index contributed by atoms with van der Waals surface area (Å²) in [4.78, 5) is 14.2. The van der Waals surface area contributed by atoms with Crippen molar-refractivity contribution in [3.63, 3.8) is 0 Å². The lowest BCUT2D eigenvalue weighted by Gasteiger charge is -2.08. The van der Waals surface area contributed by atoms with Crippen LogP contribution in [0.3, 0.4) is 0 Å². The van der Waals surface area contributed by atoms with E-state index in [2.05, 4.69) is 4.98 Å². The number of carbonyl (C=O) groups is 1. The van der Waals surface area contributed by atoms with E-state index in [4.69, 9.17) is 11.5 Å². The quantitative estimate of drug-likeness (QED) is 0.711. The summed E-state index contributed by atoms with van der Waals surface area (Å²) < 4.78 is 24.7. The first-order valence-electron chi connectivity index (χ1n) is 3.82. The minimum absolute atomic E-state index is 0.0101. The van der Waals surface area contributed by atoms with Gasteiger partial charge >= 0.3 is 0 Å². The molecular weight excluding hydrogens is 192 g/mol. The van der Waals surface area contributed by atoms with Crippen LogP contribution in [0.4, 0.5) is 14.5 Å². The SMILES string of the molecule is NCc1ncc(C(F)F)c(C=O)c1N. The summed E-state index contributed by atoms with van der Waals surface area (Å²) >= 11 is 0. The van der Waals surface area contributed by atoms with Gasteiger partial charge in [0.25, 0.3) is 6.43 Å². The summed E-state index contributed by atoms with van der Waals surface area (Å²) in [7, 11) is 0. The Kier molecular flexibility index (Phi) is 3.08. The molecule has 0 aliphatic carbocycles. The molecule has 0 spiro atoms. The number of hydrogen-bond donors (Lipinski definition) is 2. The summed E-state index contributed by atoms with van der Waals surface area (Å²) in [5.41, 5.74) is 10.2. The lowest BCUT2D eigenvalue weighted by molar-refractivity contribution is 0.110. The lowest BCUT2D eigenvalue weighted by Crippen LogP contribution is -2.09. The second-order valence-electron chi connectivity index (χ2n) is 2.61. The normalized spacial score (nSPS) is 10.6. The van der Waals surface area contributed by atoms with Gasteiger partial charge in [0, 0.05) is 23.9 Å². The number of carbonyl (C=O) groups excluding carboxylic acids is 1. The largest absolute Gasteiger partial charge is 0.397 e. The summed E-state index contributed by atoms with van der Waals surface area (Å²) in [5, 5.41) is 0. The van der Waals surface area contributed by atoms with Crippen LogP contribution in [0.2, 0.25) is 0 Å². The Morgan fingerprint density at radius 1 is 1.57 bits per heavy atom. The standard InChI is InChI=1S/C8H9F2N3O/c9-8(10)4-2-13-6(1-11)7(12)5(4)3-14/h2-3,8H,1,11-12H2. The molecule has 4 N–H and O–H groups in total. The van der Waals surface area contributed by atoms with Crippen molar-refractivity contribution < 1.29 is 13.6 Å². The molecule has 0 unspecified atom stereocenters. The smallest absolute Gasteiger partial charge is 0.266 e. The number of nitrogen functional groups attached to an aromatic ring is 1. The van der Waals surface area contributed by atoms with E-state index in [-0.39, 0.29) is 29.8 Å². The number of alkyl halides is 2. The summed E-state index contributed by atoms with van der Waals surface area (Å²) in [6, 6.07) is 0. The van der Waals surface area contributed by atoms with Gasteiger partial charge in [-0.25, -0.2) is 8.78 Å². The molecule has 0 fully saturated rings. The molecule has 0 radical (unpaired) electrons. The van der Waals surface area contributed by atoms with Crippen molar-refractivity contribution in [1.82, 2.24) is 4.98 Å². The molecule has 0 aliphatic heterocycles. The van der Waals surface area contributed by atoms with E-state index in [9.17, 15) is 13.6 Å². The van der Waals surface area contributed by atoms with E-state index in [1.807, 2.05) is 0 Å². The number of aldehydes is 1. The number of nitrogens with zero attached hydrogens (tertiary/aromatic N) is 1. The van der Waals surface area contributed by atoms with Crippen LogP contribution < -0.4 is 11.5 Å². The molecule has 4 nitrogen and oxygen atoms in total. The Balaban J connectivity index is 3.35. The number of anilines is 1. The van der Waals surface area contributed by atoms with Gasteiger partial charge in [-0.05, 0) is 0 Å². The maximum atomic E-state index is 12.3. The summed E-state index contributed by atoms with van der Waals surface area (Å²) in [6.07, 6.45) is -1.55. The molecule has 76 valence electrons. The molecule has 0 atom stereocenters. The Hall–Kier alpha value is -1.56. The molecule has 1 heterocycles. The van der Waals surface area contributed by atoms with Crippen LogP contribution in [0.5, 0.6) is 0 Å². The molecule has 0 saturated carbocycles. The van der Waals surface area contributed by atoms with E-state index >= 15 is 0 Å². The van der Waals surface area contributed by atoms with Crippen molar-refractivity contribution in [3.05, 3.63) is 23.0 Å². The highest BCUT2D eigenvalue weighted by Crippen LogP contribution is 2.26. The average Bonchev–Trinajstić information content (AvgIpc) is 2.17. The molecule has 0 saturated heterocycles. The Morgan fingerprint density at radius 3 is 2.64 bits per heavy atom. The molecule has 0 bridgehead atoms. The highest BCUT2D eigenvalue weighted by Gasteiger charge is 2.17. The van der Waals surface area contributed by atoms with Crippen LogP contribution >= 0.6 is 0 Å². The van der Waals surface area contributed by atoms with Crippen LogP contribution in [0, 0.1) is 0 Å². The Labute approximate surface area is 78.9 Å². The number of pyridine rings is 1. The number of nitrogens with two attached hydrogens (primary N) is 2. The molecule has 1 rings (SSSR count). The van der Waals surface area contributed by atoms with E-state index in [1.165, 1.54) is 0 Å². The van der Waals surface area contributed by atoms with Gasteiger partial charge in [0.05, 0.1) is 11.4 Å². The van der Waals surface area contributed by atoms with Gasteiger partial charge in [-0.1, -0.05) is 0 Å². The van der Waals surface area contributed by atoms with E-state index in [0.717, 1.165) is 6.20 Å². The first-order valence-corrected chi connectivity index (χ1v) is 3.82. The van der Waals surface area contributed by atoms with E-state index < -0.39 is 12.0 Å². The van der Waals surface area contributed by atoms with Gasteiger partial charge in [-0.3, -0.25) is 9.78 Å². The van der Waals surface area contributed by atoms with Crippen molar-refractivity contribution in [2.24, 2.45) is 5.73 Å². The highest BCUT2D eigenvalue weighted by atomic mass is 19.3. The average molecular weight is 201 g/mol. The van der Waals surface area contributed by atoms with E-state index in [1.54, 1.807) is 0 Å². The first-order chi connectivity index (χ1) is 6.61. The van der Waals surface area contributed by atoms with Crippen molar-refractivity contribution in [2.75, 3.05) is 5.73 Å². The predicted molar refractivity (Wildman–Crippen MR) is 46.9 cm³/mol. The summed E-state index contributed by atoms with van der Waals surface area (Å²) in [5.74, 6) is 0. The fourth-order valence-electron chi connectivity index (χ4n) is 1.07. The molecule has 0 aromatic carbocycles. The summed E-state index contributed by atoms with van der Waals surface area (Å²) in [6.45, 7) is 0.0101. The molecular formula is C8H9F2N3O. The maximum Gasteiger partial charge on any atom is 0.266 e. The van der Waals surface area contributed by atoms with Gasteiger partial charge < -0.3 is 11.5 Å². The van der Waals surface area contributed by atoms with Crippen molar-refractivity contribution in [3.8, 4) is 0 Å². The lowest BCUT2D eigenvalue weighted by atomic mass is 10.1. The van der Waals surface area contributed by atoms with E-state index in [0.29, 0.717) is 0 Å². The minimum atomic E-state index is -2.77. The molecule has 1 aromatic rings. The predicted octanol–water partition coefficient (Wildman–Crippen LogP) is 0.873. The number of rotatable bonds is 3. The molecule has 14 heavy (non-hydrogen) atoms. The zero-order valence-electron chi connectivity index (χ0n) is 7.21. The van der Waals surface area contributed by atoms with Gasteiger partial charge in [0.1, 0.15) is 0 Å². The third-order valence-electron chi connectivity index (χ3n) is 1.82. The Morgan fingerprint density at radius 2 is 2.21 bits per heavy atom. The van der Waals surface area contributed by atoms with Crippen LogP contribution in [0.25, 0.3) is 0 Å². The zero-order valence-corrected chi connectivity index (χ0v) is 7.21. The molecule has 1 aromatic heterocycles. The number of aromatic nitrogens is 1. The molecule has 6 heteroatoms. The molecule has 0 amide bonds. The number of halogens is 2. The van der Waals surface area contributed by atoms with Crippen molar-refractivity contribution in [1.29, 1.82) is 0 Å². The Bertz CT molecular complexity index is 355. The van der Waals surface area contributed by atoms with Crippen molar-refractivity contribution >= 4 is 12.0 Å². The second kappa shape index (κ2) is 4.10. The van der Waals surface area contributed by atoms with Gasteiger partial charge in [0.15, 0.2) is 6.29 Å². The number of hydrogen-bond acceptors (Lipinski definition) is 4. The fourth-order valence-corrected chi connectivity index (χ4v) is 1.07.